The Morgan fingerprint density at radius 2 is 0.787 bits per heavy atom. The number of para-hydroxylation sites is 2. The summed E-state index contributed by atoms with van der Waals surface area (Å²) in [6.45, 7) is 0. The normalized spacial score (nSPS) is 11.8. The summed E-state index contributed by atoms with van der Waals surface area (Å²) in [5, 5.41) is 12.8. The highest BCUT2D eigenvalue weighted by atomic mass is 15.0. The van der Waals surface area contributed by atoms with Gasteiger partial charge in [0.25, 0.3) is 0 Å². The quantitative estimate of drug-likeness (QED) is 0.179. The van der Waals surface area contributed by atoms with Crippen LogP contribution in [0.4, 0.5) is 0 Å². The minimum absolute atomic E-state index is 1.17. The van der Waals surface area contributed by atoms with Gasteiger partial charge in [-0.15, -0.1) is 0 Å². The van der Waals surface area contributed by atoms with Gasteiger partial charge < -0.3 is 4.57 Å². The van der Waals surface area contributed by atoms with E-state index >= 15 is 0 Å². The van der Waals surface area contributed by atoms with Gasteiger partial charge in [-0.3, -0.25) is 0 Å². The number of hydrogen-bond donors (Lipinski definition) is 0. The van der Waals surface area contributed by atoms with Gasteiger partial charge in [0.05, 0.1) is 11.0 Å². The monoisotopic (exact) mass is 595 g/mol. The number of benzene rings is 9. The van der Waals surface area contributed by atoms with Crippen LogP contribution in [0.1, 0.15) is 0 Å². The number of nitrogens with zero attached hydrogens (tertiary/aromatic N) is 1. The van der Waals surface area contributed by atoms with E-state index in [-0.39, 0.29) is 0 Å². The summed E-state index contributed by atoms with van der Waals surface area (Å²) >= 11 is 0. The molecule has 9 aromatic carbocycles. The van der Waals surface area contributed by atoms with E-state index in [9.17, 15) is 0 Å². The first-order valence-corrected chi connectivity index (χ1v) is 16.3. The SMILES string of the molecule is c1ccc2c(-c3cc4cc(-c5ccc(-n6c7ccccc7c7ccccc76)cc5)c5ccccc5c4c4ccccc34)cccc2c1. The third kappa shape index (κ3) is 3.90. The van der Waals surface area contributed by atoms with E-state index in [1.807, 2.05) is 0 Å². The first-order chi connectivity index (χ1) is 23.3. The van der Waals surface area contributed by atoms with Gasteiger partial charge in [-0.05, 0) is 102 Å². The lowest BCUT2D eigenvalue weighted by atomic mass is 9.86. The van der Waals surface area contributed by atoms with Crippen LogP contribution in [0.2, 0.25) is 0 Å². The van der Waals surface area contributed by atoms with Crippen LogP contribution in [0.15, 0.2) is 176 Å². The van der Waals surface area contributed by atoms with Crippen molar-refractivity contribution in [2.24, 2.45) is 0 Å². The average molecular weight is 596 g/mol. The Morgan fingerprint density at radius 3 is 1.45 bits per heavy atom. The molecule has 1 aromatic heterocycles. The molecule has 0 radical (unpaired) electrons. The fourth-order valence-corrected chi connectivity index (χ4v) is 7.89. The van der Waals surface area contributed by atoms with Gasteiger partial charge in [0.15, 0.2) is 0 Å². The lowest BCUT2D eigenvalue weighted by Crippen LogP contribution is -1.94. The van der Waals surface area contributed by atoms with E-state index in [2.05, 4.69) is 180 Å². The van der Waals surface area contributed by atoms with Gasteiger partial charge in [0.1, 0.15) is 0 Å². The zero-order valence-electron chi connectivity index (χ0n) is 25.7. The van der Waals surface area contributed by atoms with Crippen molar-refractivity contribution in [3.63, 3.8) is 0 Å². The Morgan fingerprint density at radius 1 is 0.298 bits per heavy atom. The van der Waals surface area contributed by atoms with E-state index in [1.165, 1.54) is 92.8 Å². The second kappa shape index (κ2) is 10.2. The first kappa shape index (κ1) is 26.1. The van der Waals surface area contributed by atoms with Crippen LogP contribution in [-0.2, 0) is 0 Å². The van der Waals surface area contributed by atoms with Gasteiger partial charge in [-0.25, -0.2) is 0 Å². The van der Waals surface area contributed by atoms with Crippen LogP contribution in [-0.4, -0.2) is 4.57 Å². The van der Waals surface area contributed by atoms with E-state index in [0.29, 0.717) is 0 Å². The molecule has 0 fully saturated rings. The van der Waals surface area contributed by atoms with Gasteiger partial charge in [-0.2, -0.15) is 0 Å². The van der Waals surface area contributed by atoms with Crippen molar-refractivity contribution in [2.45, 2.75) is 0 Å². The predicted octanol–water partition coefficient (Wildman–Crippen LogP) is 12.7. The van der Waals surface area contributed by atoms with Crippen molar-refractivity contribution in [1.82, 2.24) is 4.57 Å². The third-order valence-corrected chi connectivity index (χ3v) is 9.96. The Hall–Kier alpha value is -6.18. The minimum Gasteiger partial charge on any atom is -0.309 e. The van der Waals surface area contributed by atoms with E-state index in [4.69, 9.17) is 0 Å². The molecule has 1 heteroatoms. The highest BCUT2D eigenvalue weighted by molar-refractivity contribution is 6.26. The largest absolute Gasteiger partial charge is 0.309 e. The standard InChI is InChI=1S/C46H29N/c1-2-14-34-30(12-1)13-11-21-35(34)43-29-32-28-42(36-15-3-5-19-40(36)46(32)41-20-6-4-16-37(41)43)31-24-26-33(27-25-31)47-44-22-9-7-17-38(44)39-18-8-10-23-45(39)47/h1-29H. The van der Waals surface area contributed by atoms with E-state index in [1.54, 1.807) is 0 Å². The topological polar surface area (TPSA) is 4.93 Å². The number of hydrogen-bond acceptors (Lipinski definition) is 0. The van der Waals surface area contributed by atoms with Crippen molar-refractivity contribution < 1.29 is 0 Å². The van der Waals surface area contributed by atoms with Gasteiger partial charge in [0.2, 0.25) is 0 Å². The second-order valence-corrected chi connectivity index (χ2v) is 12.5. The maximum Gasteiger partial charge on any atom is 0.0541 e. The second-order valence-electron chi connectivity index (χ2n) is 12.5. The highest BCUT2D eigenvalue weighted by Gasteiger charge is 2.16. The highest BCUT2D eigenvalue weighted by Crippen LogP contribution is 2.43. The lowest BCUT2D eigenvalue weighted by molar-refractivity contribution is 1.18. The molecule has 47 heavy (non-hydrogen) atoms. The Kier molecular flexibility index (Phi) is 5.64. The molecule has 0 saturated heterocycles. The summed E-state index contributed by atoms with van der Waals surface area (Å²) in [5.74, 6) is 0. The molecule has 0 spiro atoms. The van der Waals surface area contributed by atoms with Gasteiger partial charge >= 0.3 is 0 Å². The molecule has 0 unspecified atom stereocenters. The van der Waals surface area contributed by atoms with Crippen LogP contribution in [0.5, 0.6) is 0 Å². The van der Waals surface area contributed by atoms with Crippen LogP contribution >= 0.6 is 0 Å². The minimum atomic E-state index is 1.17. The molecule has 218 valence electrons. The number of aromatic nitrogens is 1. The fourth-order valence-electron chi connectivity index (χ4n) is 7.89. The molecule has 10 aromatic rings. The zero-order chi connectivity index (χ0) is 30.9. The van der Waals surface area contributed by atoms with Crippen molar-refractivity contribution in [3.05, 3.63) is 176 Å². The summed E-state index contributed by atoms with van der Waals surface area (Å²) in [4.78, 5) is 0. The average Bonchev–Trinajstić information content (AvgIpc) is 3.48. The molecule has 0 saturated carbocycles. The van der Waals surface area contributed by atoms with Crippen LogP contribution in [0, 0.1) is 0 Å². The van der Waals surface area contributed by atoms with E-state index in [0.717, 1.165) is 0 Å². The van der Waals surface area contributed by atoms with Gasteiger partial charge in [-0.1, -0.05) is 140 Å². The molecule has 1 nitrogen and oxygen atoms in total. The first-order valence-electron chi connectivity index (χ1n) is 16.3. The molecule has 0 aliphatic heterocycles. The van der Waals surface area contributed by atoms with Crippen LogP contribution in [0.25, 0.3) is 92.8 Å². The molecule has 0 N–H and O–H groups in total. The Labute approximate surface area is 272 Å². The summed E-state index contributed by atoms with van der Waals surface area (Å²) in [7, 11) is 0. The van der Waals surface area contributed by atoms with Gasteiger partial charge in [0, 0.05) is 16.5 Å². The number of fused-ring (bicyclic) bond motifs is 9. The molecular formula is C46H29N. The third-order valence-electron chi connectivity index (χ3n) is 9.96. The molecule has 0 aliphatic rings. The van der Waals surface area contributed by atoms with Crippen molar-refractivity contribution in [3.8, 4) is 27.9 Å². The maximum absolute atomic E-state index is 2.42. The summed E-state index contributed by atoms with van der Waals surface area (Å²) < 4.78 is 2.38. The molecular weight excluding hydrogens is 567 g/mol. The molecule has 0 aliphatic carbocycles. The maximum atomic E-state index is 2.42. The Bertz CT molecular complexity index is 2780. The van der Waals surface area contributed by atoms with Crippen molar-refractivity contribution >= 4 is 64.9 Å². The Balaban J connectivity index is 1.22. The van der Waals surface area contributed by atoms with Crippen LogP contribution in [0.3, 0.4) is 0 Å². The van der Waals surface area contributed by atoms with E-state index < -0.39 is 0 Å². The molecule has 10 rings (SSSR count). The molecule has 0 bridgehead atoms. The molecule has 0 atom stereocenters. The molecule has 0 amide bonds. The van der Waals surface area contributed by atoms with Crippen molar-refractivity contribution in [2.75, 3.05) is 0 Å². The zero-order valence-corrected chi connectivity index (χ0v) is 25.7. The summed E-state index contributed by atoms with van der Waals surface area (Å²) in [5.41, 5.74) is 8.63. The molecule has 1 heterocycles. The smallest absolute Gasteiger partial charge is 0.0541 e. The van der Waals surface area contributed by atoms with Crippen molar-refractivity contribution in [1.29, 1.82) is 0 Å². The fraction of sp³-hybridized carbons (Fsp3) is 0. The summed E-state index contributed by atoms with van der Waals surface area (Å²) in [6.07, 6.45) is 0. The lowest BCUT2D eigenvalue weighted by Gasteiger charge is -2.17. The predicted molar refractivity (Wildman–Crippen MR) is 202 cm³/mol. The summed E-state index contributed by atoms with van der Waals surface area (Å²) in [6, 6.07) is 64.5. The van der Waals surface area contributed by atoms with Crippen LogP contribution < -0.4 is 0 Å². The number of rotatable bonds is 3.